The molecule has 0 N–H and O–H groups in total. The van der Waals surface area contributed by atoms with Crippen molar-refractivity contribution in [3.05, 3.63) is 83.4 Å². The summed E-state index contributed by atoms with van der Waals surface area (Å²) in [4.78, 5) is 0. The zero-order valence-electron chi connectivity index (χ0n) is 13.0. The highest BCUT2D eigenvalue weighted by molar-refractivity contribution is 6.11. The summed E-state index contributed by atoms with van der Waals surface area (Å²) >= 11 is 0. The van der Waals surface area contributed by atoms with Crippen LogP contribution in [-0.2, 0) is 0 Å². The molecule has 0 aliphatic heterocycles. The van der Waals surface area contributed by atoms with Crippen LogP contribution >= 0.6 is 0 Å². The third kappa shape index (κ3) is 1.70. The van der Waals surface area contributed by atoms with E-state index in [0.29, 0.717) is 0 Å². The molecule has 0 unspecified atom stereocenters. The minimum Gasteiger partial charge on any atom is -0.0984 e. The van der Waals surface area contributed by atoms with Gasteiger partial charge in [0.2, 0.25) is 0 Å². The fourth-order valence-electron chi connectivity index (χ4n) is 3.52. The standard InChI is InChI=1S/C22H18/c1-4-16-13-18-12-11-14(2)15(3)21(18)20-10-6-8-17-7-5-9-19(16)22(17)20/h4-13H,1H2,2-3H3. The second kappa shape index (κ2) is 4.71. The van der Waals surface area contributed by atoms with Crippen LogP contribution < -0.4 is 0 Å². The van der Waals surface area contributed by atoms with Crippen LogP contribution in [0.25, 0.3) is 33.5 Å². The molecular weight excluding hydrogens is 264 g/mol. The number of hydrogen-bond acceptors (Lipinski definition) is 0. The Kier molecular flexibility index (Phi) is 2.80. The molecule has 22 heavy (non-hydrogen) atoms. The van der Waals surface area contributed by atoms with Crippen molar-refractivity contribution < 1.29 is 0 Å². The van der Waals surface area contributed by atoms with Crippen molar-refractivity contribution in [2.45, 2.75) is 13.8 Å². The zero-order valence-corrected chi connectivity index (χ0v) is 13.0. The van der Waals surface area contributed by atoms with E-state index in [1.807, 2.05) is 6.08 Å². The number of allylic oxidation sites excluding steroid dienone is 2. The van der Waals surface area contributed by atoms with Gasteiger partial charge in [0.25, 0.3) is 0 Å². The maximum Gasteiger partial charge on any atom is -0.00265 e. The van der Waals surface area contributed by atoms with Crippen molar-refractivity contribution in [1.29, 1.82) is 0 Å². The first kappa shape index (κ1) is 13.1. The van der Waals surface area contributed by atoms with E-state index < -0.39 is 0 Å². The van der Waals surface area contributed by atoms with Crippen molar-refractivity contribution in [2.24, 2.45) is 0 Å². The fourth-order valence-corrected chi connectivity index (χ4v) is 3.52. The topological polar surface area (TPSA) is 0 Å². The highest BCUT2D eigenvalue weighted by Gasteiger charge is 2.18. The number of hydrogen-bond donors (Lipinski definition) is 0. The van der Waals surface area contributed by atoms with Gasteiger partial charge in [-0.2, -0.15) is 0 Å². The van der Waals surface area contributed by atoms with Crippen LogP contribution in [0.3, 0.4) is 0 Å². The Labute approximate surface area is 131 Å². The van der Waals surface area contributed by atoms with E-state index in [2.05, 4.69) is 75.0 Å². The number of benzene rings is 3. The monoisotopic (exact) mass is 282 g/mol. The Bertz CT molecular complexity index is 950. The molecule has 0 saturated carbocycles. The molecule has 0 bridgehead atoms. The van der Waals surface area contributed by atoms with Crippen LogP contribution in [0.5, 0.6) is 0 Å². The van der Waals surface area contributed by atoms with Crippen LogP contribution in [0.2, 0.25) is 0 Å². The summed E-state index contributed by atoms with van der Waals surface area (Å²) in [7, 11) is 0. The van der Waals surface area contributed by atoms with Crippen molar-refractivity contribution in [3.8, 4) is 11.1 Å². The largest absolute Gasteiger partial charge is 0.0984 e. The lowest BCUT2D eigenvalue weighted by molar-refractivity contribution is 1.34. The van der Waals surface area contributed by atoms with Crippen molar-refractivity contribution >= 4 is 22.4 Å². The van der Waals surface area contributed by atoms with E-state index in [0.717, 1.165) is 0 Å². The Morgan fingerprint density at radius 3 is 2.32 bits per heavy atom. The molecule has 0 nitrogen and oxygen atoms in total. The molecule has 0 radical (unpaired) electrons. The highest BCUT2D eigenvalue weighted by atomic mass is 14.2. The van der Waals surface area contributed by atoms with E-state index in [-0.39, 0.29) is 0 Å². The second-order valence-corrected chi connectivity index (χ2v) is 5.98. The third-order valence-corrected chi connectivity index (χ3v) is 4.78. The molecular formula is C22H18. The van der Waals surface area contributed by atoms with Gasteiger partial charge in [-0.05, 0) is 69.6 Å². The molecule has 3 aromatic rings. The van der Waals surface area contributed by atoms with E-state index in [1.165, 1.54) is 49.7 Å². The van der Waals surface area contributed by atoms with Crippen LogP contribution in [0, 0.1) is 13.8 Å². The molecule has 106 valence electrons. The van der Waals surface area contributed by atoms with Crippen LogP contribution in [-0.4, -0.2) is 0 Å². The number of aryl methyl sites for hydroxylation is 1. The molecule has 0 fully saturated rings. The Balaban J connectivity index is 2.28. The van der Waals surface area contributed by atoms with E-state index in [4.69, 9.17) is 0 Å². The van der Waals surface area contributed by atoms with Crippen LogP contribution in [0.15, 0.2) is 61.2 Å². The minimum absolute atomic E-state index is 1.19. The van der Waals surface area contributed by atoms with E-state index in [1.54, 1.807) is 0 Å². The van der Waals surface area contributed by atoms with Gasteiger partial charge in [0, 0.05) is 0 Å². The Morgan fingerprint density at radius 1 is 0.864 bits per heavy atom. The number of fused-ring (bicyclic) bond motifs is 2. The average molecular weight is 282 g/mol. The smallest absolute Gasteiger partial charge is 0.00265 e. The van der Waals surface area contributed by atoms with Crippen LogP contribution in [0.4, 0.5) is 0 Å². The van der Waals surface area contributed by atoms with Gasteiger partial charge in [-0.15, -0.1) is 0 Å². The lowest BCUT2D eigenvalue weighted by Crippen LogP contribution is -1.92. The van der Waals surface area contributed by atoms with Gasteiger partial charge in [-0.25, -0.2) is 0 Å². The van der Waals surface area contributed by atoms with Gasteiger partial charge in [0.15, 0.2) is 0 Å². The zero-order chi connectivity index (χ0) is 15.3. The molecule has 0 atom stereocenters. The molecule has 0 heterocycles. The summed E-state index contributed by atoms with van der Waals surface area (Å²) in [6, 6.07) is 17.6. The second-order valence-electron chi connectivity index (χ2n) is 5.98. The van der Waals surface area contributed by atoms with Gasteiger partial charge in [0.1, 0.15) is 0 Å². The lowest BCUT2D eigenvalue weighted by Gasteiger charge is -2.14. The average Bonchev–Trinajstić information content (AvgIpc) is 2.68. The highest BCUT2D eigenvalue weighted by Crippen LogP contribution is 2.42. The molecule has 4 rings (SSSR count). The predicted molar refractivity (Wildman–Crippen MR) is 96.9 cm³/mol. The molecule has 0 saturated heterocycles. The van der Waals surface area contributed by atoms with Crippen molar-refractivity contribution in [3.63, 3.8) is 0 Å². The fraction of sp³-hybridized carbons (Fsp3) is 0.0909. The third-order valence-electron chi connectivity index (χ3n) is 4.78. The van der Waals surface area contributed by atoms with Crippen molar-refractivity contribution in [1.82, 2.24) is 0 Å². The van der Waals surface area contributed by atoms with Gasteiger partial charge in [0.05, 0.1) is 0 Å². The maximum atomic E-state index is 4.03. The lowest BCUT2D eigenvalue weighted by atomic mass is 9.89. The Morgan fingerprint density at radius 2 is 1.59 bits per heavy atom. The summed E-state index contributed by atoms with van der Waals surface area (Å²) < 4.78 is 0. The molecule has 0 amide bonds. The van der Waals surface area contributed by atoms with Gasteiger partial charge < -0.3 is 0 Å². The van der Waals surface area contributed by atoms with Gasteiger partial charge >= 0.3 is 0 Å². The number of rotatable bonds is 1. The molecule has 3 aromatic carbocycles. The summed E-state index contributed by atoms with van der Waals surface area (Å²) in [5.74, 6) is 0. The first-order valence-electron chi connectivity index (χ1n) is 7.67. The quantitative estimate of drug-likeness (QED) is 0.501. The van der Waals surface area contributed by atoms with Crippen molar-refractivity contribution in [2.75, 3.05) is 0 Å². The van der Waals surface area contributed by atoms with E-state index in [9.17, 15) is 0 Å². The normalized spacial score (nSPS) is 12.5. The first-order valence-corrected chi connectivity index (χ1v) is 7.67. The van der Waals surface area contributed by atoms with E-state index >= 15 is 0 Å². The molecule has 1 aliphatic carbocycles. The predicted octanol–water partition coefficient (Wildman–Crippen LogP) is 6.16. The molecule has 1 aliphatic rings. The molecule has 0 spiro atoms. The summed E-state index contributed by atoms with van der Waals surface area (Å²) in [5.41, 5.74) is 9.13. The van der Waals surface area contributed by atoms with Crippen LogP contribution in [0.1, 0.15) is 22.3 Å². The summed E-state index contributed by atoms with van der Waals surface area (Å²) in [6.07, 6.45) is 4.24. The first-order chi connectivity index (χ1) is 10.7. The molecule has 0 aromatic heterocycles. The molecule has 0 heteroatoms. The Hall–Kier alpha value is -2.60. The maximum absolute atomic E-state index is 4.03. The van der Waals surface area contributed by atoms with Gasteiger partial charge in [-0.1, -0.05) is 61.2 Å². The summed E-state index contributed by atoms with van der Waals surface area (Å²) in [6.45, 7) is 8.44. The minimum atomic E-state index is 1.19. The SMILES string of the molecule is C=CC1=Cc2ccc(C)c(C)c2-c2cccc3cccc1c23. The summed E-state index contributed by atoms with van der Waals surface area (Å²) in [5, 5.41) is 2.63. The van der Waals surface area contributed by atoms with Gasteiger partial charge in [-0.3, -0.25) is 0 Å².